The molecule has 2 aliphatic rings. The summed E-state index contributed by atoms with van der Waals surface area (Å²) in [5.74, 6) is 0.733. The number of hydrogen-bond donors (Lipinski definition) is 1. The lowest BCUT2D eigenvalue weighted by Gasteiger charge is -2.35. The summed E-state index contributed by atoms with van der Waals surface area (Å²) in [6.07, 6.45) is 5.45. The molecule has 1 saturated carbocycles. The molecule has 4 rings (SSSR count). The fourth-order valence-corrected chi connectivity index (χ4v) is 3.07. The molecule has 2 heterocycles. The molecule has 1 aromatic carbocycles. The Kier molecular flexibility index (Phi) is 4.61. The zero-order valence-corrected chi connectivity index (χ0v) is 14.3. The molecule has 1 aliphatic carbocycles. The molecule has 0 radical (unpaired) electrons. The molecule has 0 spiro atoms. The van der Waals surface area contributed by atoms with Crippen LogP contribution in [0.4, 0.5) is 5.82 Å². The van der Waals surface area contributed by atoms with Crippen LogP contribution in [0.3, 0.4) is 0 Å². The van der Waals surface area contributed by atoms with E-state index in [1.54, 1.807) is 12.4 Å². The highest BCUT2D eigenvalue weighted by molar-refractivity contribution is 5.92. The SMILES string of the molecule is O=C(NC1CC1)c1cnc(N2CCN(Cc3ccccc3)CC2)cn1. The van der Waals surface area contributed by atoms with Crippen LogP contribution in [0.1, 0.15) is 28.9 Å². The summed E-state index contributed by atoms with van der Waals surface area (Å²) < 4.78 is 0. The van der Waals surface area contributed by atoms with Crippen LogP contribution in [0.2, 0.25) is 0 Å². The molecule has 6 heteroatoms. The Morgan fingerprint density at radius 1 is 1.04 bits per heavy atom. The quantitative estimate of drug-likeness (QED) is 0.900. The smallest absolute Gasteiger partial charge is 0.271 e. The number of anilines is 1. The van der Waals surface area contributed by atoms with Gasteiger partial charge in [0.15, 0.2) is 0 Å². The van der Waals surface area contributed by atoms with Crippen molar-refractivity contribution in [3.63, 3.8) is 0 Å². The Bertz CT molecular complexity index is 706. The third-order valence-corrected chi connectivity index (χ3v) is 4.73. The number of amides is 1. The van der Waals surface area contributed by atoms with Crippen LogP contribution in [-0.2, 0) is 6.54 Å². The Hall–Kier alpha value is -2.47. The number of hydrogen-bond acceptors (Lipinski definition) is 5. The van der Waals surface area contributed by atoms with Gasteiger partial charge in [0.05, 0.1) is 12.4 Å². The molecule has 25 heavy (non-hydrogen) atoms. The standard InChI is InChI=1S/C19H23N5O/c25-19(22-16-6-7-16)17-12-21-18(13-20-17)24-10-8-23(9-11-24)14-15-4-2-1-3-5-15/h1-5,12-13,16H,6-11,14H2,(H,22,25). The van der Waals surface area contributed by atoms with Crippen LogP contribution in [0.5, 0.6) is 0 Å². The van der Waals surface area contributed by atoms with Gasteiger partial charge in [-0.05, 0) is 18.4 Å². The number of nitrogens with one attached hydrogen (secondary N) is 1. The van der Waals surface area contributed by atoms with Gasteiger partial charge < -0.3 is 10.2 Å². The van der Waals surface area contributed by atoms with E-state index in [9.17, 15) is 4.79 Å². The van der Waals surface area contributed by atoms with Gasteiger partial charge in [-0.15, -0.1) is 0 Å². The average molecular weight is 337 g/mol. The third-order valence-electron chi connectivity index (χ3n) is 4.73. The van der Waals surface area contributed by atoms with Crippen LogP contribution in [-0.4, -0.2) is 53.0 Å². The number of aromatic nitrogens is 2. The fourth-order valence-electron chi connectivity index (χ4n) is 3.07. The van der Waals surface area contributed by atoms with E-state index in [1.807, 2.05) is 0 Å². The van der Waals surface area contributed by atoms with E-state index in [0.29, 0.717) is 11.7 Å². The lowest BCUT2D eigenvalue weighted by atomic mass is 10.2. The van der Waals surface area contributed by atoms with E-state index >= 15 is 0 Å². The number of carbonyl (C=O) groups is 1. The summed E-state index contributed by atoms with van der Waals surface area (Å²) in [6.45, 7) is 4.84. The topological polar surface area (TPSA) is 61.4 Å². The van der Waals surface area contributed by atoms with E-state index < -0.39 is 0 Å². The molecular weight excluding hydrogens is 314 g/mol. The molecule has 0 unspecified atom stereocenters. The largest absolute Gasteiger partial charge is 0.353 e. The van der Waals surface area contributed by atoms with E-state index in [-0.39, 0.29) is 5.91 Å². The van der Waals surface area contributed by atoms with Gasteiger partial charge in [-0.3, -0.25) is 9.69 Å². The Morgan fingerprint density at radius 3 is 2.44 bits per heavy atom. The minimum atomic E-state index is -0.116. The summed E-state index contributed by atoms with van der Waals surface area (Å²) in [5.41, 5.74) is 1.75. The highest BCUT2D eigenvalue weighted by Crippen LogP contribution is 2.19. The summed E-state index contributed by atoms with van der Waals surface area (Å²) >= 11 is 0. The van der Waals surface area contributed by atoms with Gasteiger partial charge in [-0.1, -0.05) is 30.3 Å². The summed E-state index contributed by atoms with van der Waals surface area (Å²) in [5, 5.41) is 2.94. The minimum absolute atomic E-state index is 0.116. The van der Waals surface area contributed by atoms with Gasteiger partial charge in [0.25, 0.3) is 5.91 Å². The molecule has 1 saturated heterocycles. The zero-order chi connectivity index (χ0) is 17.1. The van der Waals surface area contributed by atoms with Crippen molar-refractivity contribution in [2.45, 2.75) is 25.4 Å². The Labute approximate surface area is 147 Å². The van der Waals surface area contributed by atoms with Crippen LogP contribution in [0.25, 0.3) is 0 Å². The van der Waals surface area contributed by atoms with Crippen molar-refractivity contribution in [3.8, 4) is 0 Å². The summed E-state index contributed by atoms with van der Waals surface area (Å²) in [4.78, 5) is 25.4. The van der Waals surface area contributed by atoms with Gasteiger partial charge >= 0.3 is 0 Å². The van der Waals surface area contributed by atoms with Crippen molar-refractivity contribution < 1.29 is 4.79 Å². The Morgan fingerprint density at radius 2 is 1.80 bits per heavy atom. The first-order valence-electron chi connectivity index (χ1n) is 8.92. The monoisotopic (exact) mass is 337 g/mol. The van der Waals surface area contributed by atoms with Crippen LogP contribution >= 0.6 is 0 Å². The highest BCUT2D eigenvalue weighted by Gasteiger charge is 2.25. The van der Waals surface area contributed by atoms with Crippen molar-refractivity contribution in [3.05, 3.63) is 54.0 Å². The lowest BCUT2D eigenvalue weighted by Crippen LogP contribution is -2.46. The van der Waals surface area contributed by atoms with E-state index in [1.165, 1.54) is 5.56 Å². The maximum atomic E-state index is 12.0. The lowest BCUT2D eigenvalue weighted by molar-refractivity contribution is 0.0945. The molecule has 6 nitrogen and oxygen atoms in total. The predicted octanol–water partition coefficient (Wildman–Crippen LogP) is 1.69. The predicted molar refractivity (Wildman–Crippen MR) is 96.5 cm³/mol. The first-order chi connectivity index (χ1) is 12.3. The molecular formula is C19H23N5O. The summed E-state index contributed by atoms with van der Waals surface area (Å²) in [6, 6.07) is 10.9. The molecule has 2 fully saturated rings. The second-order valence-corrected chi connectivity index (χ2v) is 6.76. The van der Waals surface area contributed by atoms with Crippen molar-refractivity contribution in [2.75, 3.05) is 31.1 Å². The van der Waals surface area contributed by atoms with E-state index in [4.69, 9.17) is 0 Å². The van der Waals surface area contributed by atoms with Gasteiger partial charge in [-0.25, -0.2) is 9.97 Å². The fraction of sp³-hybridized carbons (Fsp3) is 0.421. The maximum absolute atomic E-state index is 12.0. The molecule has 0 bridgehead atoms. The molecule has 1 aromatic heterocycles. The Balaban J connectivity index is 1.30. The van der Waals surface area contributed by atoms with Gasteiger partial charge in [0.1, 0.15) is 11.5 Å². The first-order valence-corrected chi connectivity index (χ1v) is 8.92. The van der Waals surface area contributed by atoms with Crippen molar-refractivity contribution >= 4 is 11.7 Å². The molecule has 1 amide bonds. The highest BCUT2D eigenvalue weighted by atomic mass is 16.2. The molecule has 1 aliphatic heterocycles. The third kappa shape index (κ3) is 4.14. The van der Waals surface area contributed by atoms with Crippen molar-refractivity contribution in [1.29, 1.82) is 0 Å². The minimum Gasteiger partial charge on any atom is -0.353 e. The van der Waals surface area contributed by atoms with Gasteiger partial charge in [0.2, 0.25) is 0 Å². The van der Waals surface area contributed by atoms with Crippen LogP contribution in [0.15, 0.2) is 42.7 Å². The molecule has 0 atom stereocenters. The van der Waals surface area contributed by atoms with Gasteiger partial charge in [0, 0.05) is 38.8 Å². The molecule has 2 aromatic rings. The maximum Gasteiger partial charge on any atom is 0.271 e. The first kappa shape index (κ1) is 16.0. The summed E-state index contributed by atoms with van der Waals surface area (Å²) in [7, 11) is 0. The number of carbonyl (C=O) groups excluding carboxylic acids is 1. The van der Waals surface area contributed by atoms with Crippen molar-refractivity contribution in [1.82, 2.24) is 20.2 Å². The molecule has 1 N–H and O–H groups in total. The van der Waals surface area contributed by atoms with Crippen LogP contribution in [0, 0.1) is 0 Å². The normalized spacial score (nSPS) is 18.2. The number of nitrogens with zero attached hydrogens (tertiary/aromatic N) is 4. The van der Waals surface area contributed by atoms with E-state index in [2.05, 4.69) is 55.4 Å². The average Bonchev–Trinajstić information content (AvgIpc) is 3.47. The van der Waals surface area contributed by atoms with Crippen molar-refractivity contribution in [2.24, 2.45) is 0 Å². The molecule has 130 valence electrons. The van der Waals surface area contributed by atoms with E-state index in [0.717, 1.165) is 51.4 Å². The number of piperazine rings is 1. The zero-order valence-electron chi connectivity index (χ0n) is 14.3. The number of rotatable bonds is 5. The second kappa shape index (κ2) is 7.19. The number of benzene rings is 1. The van der Waals surface area contributed by atoms with Gasteiger partial charge in [-0.2, -0.15) is 0 Å². The second-order valence-electron chi connectivity index (χ2n) is 6.76. The van der Waals surface area contributed by atoms with Crippen LogP contribution < -0.4 is 10.2 Å².